The van der Waals surface area contributed by atoms with Gasteiger partial charge in [-0.15, -0.1) is 0 Å². The zero-order valence-corrected chi connectivity index (χ0v) is 29.6. The Kier molecular flexibility index (Phi) is 7.85. The minimum absolute atomic E-state index is 0.908. The van der Waals surface area contributed by atoms with Crippen LogP contribution in [0.3, 0.4) is 0 Å². The van der Waals surface area contributed by atoms with E-state index in [1.165, 1.54) is 44.2 Å². The third kappa shape index (κ3) is 5.90. The van der Waals surface area contributed by atoms with Gasteiger partial charge >= 0.3 is 0 Å². The first-order valence-electron chi connectivity index (χ1n) is 18.4. The van der Waals surface area contributed by atoms with Crippen LogP contribution in [0.25, 0.3) is 77.2 Å². The fourth-order valence-corrected chi connectivity index (χ4v) is 7.62. The van der Waals surface area contributed by atoms with E-state index in [4.69, 9.17) is 4.42 Å². The summed E-state index contributed by atoms with van der Waals surface area (Å²) in [5, 5.41) is 4.77. The van der Waals surface area contributed by atoms with Crippen LogP contribution >= 0.6 is 0 Å². The molecule has 1 aromatic heterocycles. The Hall–Kier alpha value is -7.16. The first kappa shape index (κ1) is 31.6. The maximum atomic E-state index is 6.10. The Morgan fingerprint density at radius 3 is 1.28 bits per heavy atom. The molecule has 0 unspecified atom stereocenters. The van der Waals surface area contributed by atoms with Crippen LogP contribution in [0.2, 0.25) is 0 Å². The largest absolute Gasteiger partial charge is 0.456 e. The first-order valence-corrected chi connectivity index (χ1v) is 18.4. The van der Waals surface area contributed by atoms with Gasteiger partial charge in [0.25, 0.3) is 0 Å². The monoisotopic (exact) mass is 689 g/mol. The highest BCUT2D eigenvalue weighted by Gasteiger charge is 2.15. The van der Waals surface area contributed by atoms with Crippen molar-refractivity contribution >= 4 is 49.8 Å². The number of hydrogen-bond donors (Lipinski definition) is 0. The minimum Gasteiger partial charge on any atom is -0.456 e. The van der Waals surface area contributed by atoms with Crippen LogP contribution in [0.15, 0.2) is 217 Å². The highest BCUT2D eigenvalue weighted by atomic mass is 16.3. The summed E-state index contributed by atoms with van der Waals surface area (Å²) in [7, 11) is 0. The van der Waals surface area contributed by atoms with Crippen molar-refractivity contribution in [1.82, 2.24) is 0 Å². The van der Waals surface area contributed by atoms with Crippen molar-refractivity contribution in [2.75, 3.05) is 4.90 Å². The lowest BCUT2D eigenvalue weighted by Gasteiger charge is -2.26. The van der Waals surface area contributed by atoms with Crippen molar-refractivity contribution in [2.24, 2.45) is 0 Å². The van der Waals surface area contributed by atoms with Gasteiger partial charge in [-0.1, -0.05) is 152 Å². The summed E-state index contributed by atoms with van der Waals surface area (Å²) in [6.45, 7) is 0. The minimum atomic E-state index is 0.908. The van der Waals surface area contributed by atoms with Crippen LogP contribution in [-0.4, -0.2) is 0 Å². The molecule has 2 nitrogen and oxygen atoms in total. The molecule has 2 heteroatoms. The van der Waals surface area contributed by atoms with Gasteiger partial charge in [-0.2, -0.15) is 0 Å². The van der Waals surface area contributed by atoms with E-state index in [2.05, 4.69) is 205 Å². The first-order chi connectivity index (χ1) is 26.7. The van der Waals surface area contributed by atoms with Gasteiger partial charge in [-0.05, 0) is 116 Å². The Bertz CT molecular complexity index is 2890. The molecule has 1 heterocycles. The van der Waals surface area contributed by atoms with Crippen molar-refractivity contribution in [2.45, 2.75) is 0 Å². The second-order valence-corrected chi connectivity index (χ2v) is 13.8. The van der Waals surface area contributed by atoms with Crippen molar-refractivity contribution in [3.8, 4) is 44.5 Å². The molecule has 9 aromatic carbocycles. The van der Waals surface area contributed by atoms with Crippen LogP contribution in [0.1, 0.15) is 0 Å². The second kappa shape index (κ2) is 13.4. The molecule has 0 radical (unpaired) electrons. The lowest BCUT2D eigenvalue weighted by Crippen LogP contribution is -2.09. The van der Waals surface area contributed by atoms with E-state index in [9.17, 15) is 0 Å². The number of furan rings is 1. The normalized spacial score (nSPS) is 11.3. The molecule has 10 rings (SSSR count). The molecule has 0 N–H and O–H groups in total. The third-order valence-corrected chi connectivity index (χ3v) is 10.5. The van der Waals surface area contributed by atoms with Gasteiger partial charge in [-0.3, -0.25) is 0 Å². The zero-order valence-electron chi connectivity index (χ0n) is 29.6. The van der Waals surface area contributed by atoms with Gasteiger partial charge in [0.1, 0.15) is 11.2 Å². The Balaban J connectivity index is 0.999. The topological polar surface area (TPSA) is 16.4 Å². The highest BCUT2D eigenvalue weighted by Crippen LogP contribution is 2.39. The predicted molar refractivity (Wildman–Crippen MR) is 228 cm³/mol. The summed E-state index contributed by atoms with van der Waals surface area (Å²) in [5.41, 5.74) is 14.6. The maximum absolute atomic E-state index is 6.10. The SMILES string of the molecule is c1ccc(-c2ccc(-c3ccc(N(c4ccc(-c5ccc6ccccc6c5)cc4)c4ccc(-c5ccc6oc7ccccc7c6c5)cc4)cc3)cc2)cc1. The van der Waals surface area contributed by atoms with E-state index >= 15 is 0 Å². The van der Waals surface area contributed by atoms with Gasteiger partial charge in [0.2, 0.25) is 0 Å². The van der Waals surface area contributed by atoms with Crippen molar-refractivity contribution in [3.05, 3.63) is 212 Å². The van der Waals surface area contributed by atoms with Gasteiger partial charge in [-0.25, -0.2) is 0 Å². The lowest BCUT2D eigenvalue weighted by molar-refractivity contribution is 0.669. The Morgan fingerprint density at radius 1 is 0.259 bits per heavy atom. The second-order valence-electron chi connectivity index (χ2n) is 13.8. The van der Waals surface area contributed by atoms with E-state index in [1.807, 2.05) is 12.1 Å². The summed E-state index contributed by atoms with van der Waals surface area (Å²) in [6.07, 6.45) is 0. The molecule has 0 aliphatic heterocycles. The maximum Gasteiger partial charge on any atom is 0.135 e. The standard InChI is InChI=1S/C52H35NO/c1-2-8-36(9-3-1)38-14-16-39(17-15-38)40-20-27-46(28-21-40)53(47-29-22-41(23-30-47)44-19-18-37-10-4-5-11-43(37)34-44)48-31-24-42(25-32-48)45-26-33-52-50(35-45)49-12-6-7-13-51(49)54-52/h1-35H. The third-order valence-electron chi connectivity index (χ3n) is 10.5. The number of nitrogens with zero attached hydrogens (tertiary/aromatic N) is 1. The summed E-state index contributed by atoms with van der Waals surface area (Å²) >= 11 is 0. The number of benzene rings is 9. The molecule has 0 atom stereocenters. The summed E-state index contributed by atoms with van der Waals surface area (Å²) in [4.78, 5) is 2.34. The van der Waals surface area contributed by atoms with Crippen LogP contribution in [-0.2, 0) is 0 Å². The molecule has 0 fully saturated rings. The van der Waals surface area contributed by atoms with Crippen LogP contribution in [0.4, 0.5) is 17.1 Å². The van der Waals surface area contributed by atoms with E-state index in [0.717, 1.165) is 50.1 Å². The summed E-state index contributed by atoms with van der Waals surface area (Å²) < 4.78 is 6.10. The number of hydrogen-bond acceptors (Lipinski definition) is 2. The Morgan fingerprint density at radius 2 is 0.667 bits per heavy atom. The molecule has 0 saturated heterocycles. The van der Waals surface area contributed by atoms with E-state index < -0.39 is 0 Å². The molecule has 0 bridgehead atoms. The number of fused-ring (bicyclic) bond motifs is 4. The van der Waals surface area contributed by atoms with Gasteiger partial charge < -0.3 is 9.32 Å². The molecule has 0 aliphatic carbocycles. The number of para-hydroxylation sites is 1. The molecule has 0 aliphatic rings. The zero-order chi connectivity index (χ0) is 35.8. The van der Waals surface area contributed by atoms with Gasteiger partial charge in [0, 0.05) is 27.8 Å². The quantitative estimate of drug-likeness (QED) is 0.166. The summed E-state index contributed by atoms with van der Waals surface area (Å²) in [5.74, 6) is 0. The summed E-state index contributed by atoms with van der Waals surface area (Å²) in [6, 6.07) is 76.0. The Labute approximate surface area is 314 Å². The van der Waals surface area contributed by atoms with Crippen molar-refractivity contribution in [3.63, 3.8) is 0 Å². The highest BCUT2D eigenvalue weighted by molar-refractivity contribution is 6.06. The van der Waals surface area contributed by atoms with Crippen LogP contribution < -0.4 is 4.90 Å². The van der Waals surface area contributed by atoms with E-state index in [1.54, 1.807) is 0 Å². The van der Waals surface area contributed by atoms with Crippen LogP contribution in [0.5, 0.6) is 0 Å². The molecule has 0 spiro atoms. The number of rotatable bonds is 7. The molecular formula is C52H35NO. The molecule has 54 heavy (non-hydrogen) atoms. The van der Waals surface area contributed by atoms with Gasteiger partial charge in [0.05, 0.1) is 0 Å². The lowest BCUT2D eigenvalue weighted by atomic mass is 9.99. The smallest absolute Gasteiger partial charge is 0.135 e. The predicted octanol–water partition coefficient (Wildman–Crippen LogP) is 14.9. The molecule has 0 amide bonds. The van der Waals surface area contributed by atoms with Crippen molar-refractivity contribution in [1.29, 1.82) is 0 Å². The average Bonchev–Trinajstić information content (AvgIpc) is 3.63. The molecule has 0 saturated carbocycles. The van der Waals surface area contributed by atoms with Crippen molar-refractivity contribution < 1.29 is 4.42 Å². The number of anilines is 3. The molecular weight excluding hydrogens is 655 g/mol. The van der Waals surface area contributed by atoms with E-state index in [0.29, 0.717) is 0 Å². The van der Waals surface area contributed by atoms with Gasteiger partial charge in [0.15, 0.2) is 0 Å². The fourth-order valence-electron chi connectivity index (χ4n) is 7.62. The fraction of sp³-hybridized carbons (Fsp3) is 0. The van der Waals surface area contributed by atoms with Crippen LogP contribution in [0, 0.1) is 0 Å². The molecule has 254 valence electrons. The van der Waals surface area contributed by atoms with E-state index in [-0.39, 0.29) is 0 Å². The average molecular weight is 690 g/mol. The molecule has 10 aromatic rings.